The van der Waals surface area contributed by atoms with E-state index in [0.29, 0.717) is 42.0 Å². The molecule has 0 aliphatic carbocycles. The first-order valence-electron chi connectivity index (χ1n) is 12.3. The number of hydrogen-bond acceptors (Lipinski definition) is 6. The molecule has 3 aliphatic rings. The highest BCUT2D eigenvalue weighted by Crippen LogP contribution is 2.23. The Hall–Kier alpha value is -2.21. The average molecular weight is 523 g/mol. The van der Waals surface area contributed by atoms with Crippen molar-refractivity contribution in [2.24, 2.45) is 0 Å². The Balaban J connectivity index is 1.22. The Morgan fingerprint density at radius 3 is 2.69 bits per heavy atom. The van der Waals surface area contributed by atoms with E-state index in [1.807, 2.05) is 4.90 Å². The maximum Gasteiger partial charge on any atom is 0.275 e. The van der Waals surface area contributed by atoms with Crippen LogP contribution in [0.25, 0.3) is 11.0 Å². The van der Waals surface area contributed by atoms with Crippen molar-refractivity contribution in [2.75, 3.05) is 39.3 Å². The number of aromatic nitrogens is 2. The number of nitrogens with zero attached hydrogens (tertiary/aromatic N) is 4. The van der Waals surface area contributed by atoms with E-state index in [1.165, 1.54) is 17.7 Å². The zero-order valence-electron chi connectivity index (χ0n) is 19.6. The van der Waals surface area contributed by atoms with Gasteiger partial charge in [-0.15, -0.1) is 0 Å². The summed E-state index contributed by atoms with van der Waals surface area (Å²) in [7, 11) is -4.07. The van der Waals surface area contributed by atoms with E-state index in [4.69, 9.17) is 11.6 Å². The number of carbonyl (C=O) groups excluding carboxylic acids is 2. The number of carbonyl (C=O) groups is 2. The Morgan fingerprint density at radius 1 is 1.11 bits per heavy atom. The highest BCUT2D eigenvalue weighted by atomic mass is 35.5. The first-order valence-corrected chi connectivity index (χ1v) is 14.1. The molecule has 5 rings (SSSR count). The van der Waals surface area contributed by atoms with Crippen LogP contribution < -0.4 is 4.72 Å². The molecule has 35 heavy (non-hydrogen) atoms. The Kier molecular flexibility index (Phi) is 7.02. The fourth-order valence-corrected chi connectivity index (χ4v) is 6.75. The first-order chi connectivity index (χ1) is 16.8. The number of benzene rings is 1. The van der Waals surface area contributed by atoms with Gasteiger partial charge in [-0.2, -0.15) is 4.72 Å². The third-order valence-corrected chi connectivity index (χ3v) is 8.73. The van der Waals surface area contributed by atoms with Crippen molar-refractivity contribution in [3.8, 4) is 0 Å². The van der Waals surface area contributed by atoms with Crippen molar-refractivity contribution in [1.82, 2.24) is 29.4 Å². The van der Waals surface area contributed by atoms with Gasteiger partial charge in [-0.3, -0.25) is 9.59 Å². The molecule has 2 aromatic rings. The van der Waals surface area contributed by atoms with Crippen LogP contribution in [0.1, 0.15) is 38.5 Å². The lowest BCUT2D eigenvalue weighted by Gasteiger charge is -2.34. The molecule has 3 fully saturated rings. The number of sulfonamides is 1. The van der Waals surface area contributed by atoms with Crippen LogP contribution in [-0.2, 0) is 19.6 Å². The second-order valence-corrected chi connectivity index (χ2v) is 11.7. The summed E-state index contributed by atoms with van der Waals surface area (Å²) in [5, 5.41) is 0.194. The molecule has 12 heteroatoms. The predicted octanol–water partition coefficient (Wildman–Crippen LogP) is 1.57. The maximum absolute atomic E-state index is 13.1. The molecule has 0 saturated carbocycles. The van der Waals surface area contributed by atoms with E-state index in [1.54, 1.807) is 18.2 Å². The molecule has 0 spiro atoms. The Morgan fingerprint density at radius 2 is 1.89 bits per heavy atom. The minimum Gasteiger partial charge on any atom is -0.337 e. The number of H-pyrrole nitrogens is 1. The van der Waals surface area contributed by atoms with Crippen molar-refractivity contribution in [3.05, 3.63) is 23.2 Å². The molecule has 3 aliphatic heterocycles. The van der Waals surface area contributed by atoms with Crippen LogP contribution in [-0.4, -0.2) is 96.3 Å². The highest BCUT2D eigenvalue weighted by Gasteiger charge is 2.37. The summed E-state index contributed by atoms with van der Waals surface area (Å²) < 4.78 is 28.4. The molecule has 3 saturated heterocycles. The molecule has 0 radical (unpaired) electrons. The summed E-state index contributed by atoms with van der Waals surface area (Å²) >= 11 is 5.98. The van der Waals surface area contributed by atoms with Crippen molar-refractivity contribution in [2.45, 2.75) is 55.8 Å². The number of amides is 2. The van der Waals surface area contributed by atoms with Gasteiger partial charge in [-0.1, -0.05) is 11.6 Å². The van der Waals surface area contributed by atoms with E-state index in [2.05, 4.69) is 19.6 Å². The zero-order chi connectivity index (χ0) is 24.6. The molecular weight excluding hydrogens is 492 g/mol. The van der Waals surface area contributed by atoms with Crippen LogP contribution >= 0.6 is 11.6 Å². The predicted molar refractivity (Wildman–Crippen MR) is 131 cm³/mol. The Bertz CT molecular complexity index is 1210. The van der Waals surface area contributed by atoms with E-state index in [-0.39, 0.29) is 29.6 Å². The van der Waals surface area contributed by atoms with Gasteiger partial charge in [0, 0.05) is 30.7 Å². The van der Waals surface area contributed by atoms with Crippen LogP contribution in [0.15, 0.2) is 23.4 Å². The van der Waals surface area contributed by atoms with E-state index < -0.39 is 16.1 Å². The SMILES string of the molecule is O=C1C(NS(=O)(=O)c2nc3ccc(Cl)cc3[nH]2)CCCN1CC(=O)N1CCCC1CN1CCCC1. The van der Waals surface area contributed by atoms with Gasteiger partial charge in [0.15, 0.2) is 0 Å². The lowest BCUT2D eigenvalue weighted by Crippen LogP contribution is -2.55. The molecule has 0 bridgehead atoms. The zero-order valence-corrected chi connectivity index (χ0v) is 21.2. The number of hydrogen-bond donors (Lipinski definition) is 2. The summed E-state index contributed by atoms with van der Waals surface area (Å²) in [6, 6.07) is 4.11. The molecule has 2 amide bonds. The third-order valence-electron chi connectivity index (χ3n) is 7.20. The summed E-state index contributed by atoms with van der Waals surface area (Å²) in [4.78, 5) is 39.0. The van der Waals surface area contributed by atoms with Crippen LogP contribution in [0.4, 0.5) is 0 Å². The van der Waals surface area contributed by atoms with Crippen molar-refractivity contribution in [3.63, 3.8) is 0 Å². The standard InChI is InChI=1S/C23H31ClN6O4S/c24-16-7-8-18-20(13-16)26-23(25-18)35(33,34)27-19-6-4-11-29(22(19)32)15-21(31)30-12-3-5-17(30)14-28-9-1-2-10-28/h7-8,13,17,19,27H,1-6,9-12,14-15H2,(H,25,26). The lowest BCUT2D eigenvalue weighted by atomic mass is 10.1. The van der Waals surface area contributed by atoms with Gasteiger partial charge in [-0.25, -0.2) is 13.4 Å². The molecule has 2 unspecified atom stereocenters. The second-order valence-electron chi connectivity index (χ2n) is 9.67. The largest absolute Gasteiger partial charge is 0.337 e. The highest BCUT2D eigenvalue weighted by molar-refractivity contribution is 7.89. The second kappa shape index (κ2) is 10.0. The minimum atomic E-state index is -4.07. The summed E-state index contributed by atoms with van der Waals surface area (Å²) in [6.45, 7) is 4.20. The minimum absolute atomic E-state index is 0.0172. The van der Waals surface area contributed by atoms with Gasteiger partial charge in [0.25, 0.3) is 10.0 Å². The van der Waals surface area contributed by atoms with E-state index in [0.717, 1.165) is 32.5 Å². The van der Waals surface area contributed by atoms with Gasteiger partial charge in [0.05, 0.1) is 17.6 Å². The molecule has 10 nitrogen and oxygen atoms in total. The van der Waals surface area contributed by atoms with Gasteiger partial charge in [-0.05, 0) is 69.8 Å². The van der Waals surface area contributed by atoms with Gasteiger partial charge in [0.1, 0.15) is 6.04 Å². The van der Waals surface area contributed by atoms with Crippen LogP contribution in [0.5, 0.6) is 0 Å². The van der Waals surface area contributed by atoms with Crippen molar-refractivity contribution < 1.29 is 18.0 Å². The number of aromatic amines is 1. The number of imidazole rings is 1. The van der Waals surface area contributed by atoms with Crippen molar-refractivity contribution in [1.29, 1.82) is 0 Å². The van der Waals surface area contributed by atoms with E-state index >= 15 is 0 Å². The van der Waals surface area contributed by atoms with Crippen LogP contribution in [0, 0.1) is 0 Å². The van der Waals surface area contributed by atoms with Crippen molar-refractivity contribution >= 4 is 44.5 Å². The van der Waals surface area contributed by atoms with Gasteiger partial charge in [0.2, 0.25) is 17.0 Å². The number of fused-ring (bicyclic) bond motifs is 1. The molecule has 2 atom stereocenters. The number of piperidine rings is 1. The fraction of sp³-hybridized carbons (Fsp3) is 0.609. The number of nitrogens with one attached hydrogen (secondary N) is 2. The average Bonchev–Trinajstić information content (AvgIpc) is 3.57. The lowest BCUT2D eigenvalue weighted by molar-refractivity contribution is -0.143. The fourth-order valence-electron chi connectivity index (χ4n) is 5.41. The van der Waals surface area contributed by atoms with E-state index in [9.17, 15) is 18.0 Å². The molecule has 1 aromatic carbocycles. The third kappa shape index (κ3) is 5.32. The summed E-state index contributed by atoms with van der Waals surface area (Å²) in [6.07, 6.45) is 5.37. The topological polar surface area (TPSA) is 119 Å². The van der Waals surface area contributed by atoms with Crippen LogP contribution in [0.3, 0.4) is 0 Å². The quantitative estimate of drug-likeness (QED) is 0.570. The van der Waals surface area contributed by atoms with Crippen LogP contribution in [0.2, 0.25) is 5.02 Å². The Labute approximate surface area is 210 Å². The summed E-state index contributed by atoms with van der Waals surface area (Å²) in [5.74, 6) is -0.430. The summed E-state index contributed by atoms with van der Waals surface area (Å²) in [5.41, 5.74) is 0.959. The number of rotatable bonds is 7. The molecule has 2 N–H and O–H groups in total. The monoisotopic (exact) mass is 522 g/mol. The maximum atomic E-state index is 13.1. The molecule has 1 aromatic heterocycles. The number of halogens is 1. The number of likely N-dealkylation sites (tertiary alicyclic amines) is 3. The normalized spacial score (nSPS) is 24.1. The molecular formula is C23H31ClN6O4S. The van der Waals surface area contributed by atoms with Gasteiger partial charge >= 0.3 is 0 Å². The first kappa shape index (κ1) is 24.5. The smallest absolute Gasteiger partial charge is 0.275 e. The van der Waals surface area contributed by atoms with Gasteiger partial charge < -0.3 is 19.7 Å². The molecule has 190 valence electrons. The molecule has 4 heterocycles.